The van der Waals surface area contributed by atoms with Gasteiger partial charge in [0.25, 0.3) is 0 Å². The lowest BCUT2D eigenvalue weighted by atomic mass is 9.95. The maximum absolute atomic E-state index is 11.3. The largest absolute Gasteiger partial charge is 0.394 e. The molecule has 0 aromatic heterocycles. The lowest BCUT2D eigenvalue weighted by Crippen LogP contribution is -2.68. The van der Waals surface area contributed by atoms with Crippen LogP contribution in [-0.4, -0.2) is 368 Å². The van der Waals surface area contributed by atoms with E-state index in [9.17, 15) is 107 Å². The fourth-order valence-electron chi connectivity index (χ4n) is 10.4. The van der Waals surface area contributed by atoms with E-state index in [1.165, 1.54) is 0 Å². The van der Waals surface area contributed by atoms with Crippen LogP contribution in [0.25, 0.3) is 0 Å². The molecule has 21 aliphatic rings. The average Bonchev–Trinajstić information content (AvgIpc) is 3.45. The minimum absolute atomic E-state index is 1.05. The molecule has 0 unspecified atom stereocenters. The molecule has 0 saturated carbocycles. The van der Waals surface area contributed by atoms with Crippen molar-refractivity contribution in [1.82, 2.24) is 0 Å². The Bertz CT molecular complexity index is 1470. The van der Waals surface area contributed by atoms with Crippen LogP contribution in [0.2, 0.25) is 0 Å². The molecule has 21 fully saturated rings. The minimum atomic E-state index is -2.21. The van der Waals surface area contributed by atoms with Gasteiger partial charge in [0, 0.05) is 0 Å². The van der Waals surface area contributed by atoms with Crippen molar-refractivity contribution in [3.05, 3.63) is 0 Å². The summed E-state index contributed by atoms with van der Waals surface area (Å²) in [5.41, 5.74) is 0. The summed E-state index contributed by atoms with van der Waals surface area (Å²) in [5.74, 6) is 0. The SMILES string of the molecule is OC[C@H]1O[C@H]2O[C@H]3[C@H](O)[C@@H](O)[C@H](O[C@H]4[C@H](O)[C@@H](O)[C@H](O[C@H]5[C@H](O)[C@@H](O)[C@@H](O[C@H]6[C@H](O)[C@@H](O)[C@@H](O[C@H]7[C@H](O)[C@@H](O)[C@H](O[C@H]8[C@H](O)[C@@H](O)[C@H](O[C@H]1[C@H](O)[C@H]2O)O[C@@H]8CO)O[C@@H]7CO)O[C@@H]6CO)O[C@@H]5CO)O[C@@H]4CO)O[C@@H]3CO. The number of hydrogen-bond donors (Lipinski definition) is 21. The quantitative estimate of drug-likeness (QED) is 0.113. The van der Waals surface area contributed by atoms with Crippen LogP contribution < -0.4 is 0 Å². The third kappa shape index (κ3) is 12.1. The average molecular weight is 1130 g/mol. The molecule has 21 rings (SSSR count). The Morgan fingerprint density at radius 3 is 0.351 bits per heavy atom. The second kappa shape index (κ2) is 26.0. The molecule has 35 nitrogen and oxygen atoms in total. The number of aliphatic hydroxyl groups excluding tert-OH is 21. The summed E-state index contributed by atoms with van der Waals surface area (Å²) in [6, 6.07) is 0. The minimum Gasteiger partial charge on any atom is -0.394 e. The Balaban J connectivity index is 1.08. The van der Waals surface area contributed by atoms with Gasteiger partial charge in [0.2, 0.25) is 0 Å². The van der Waals surface area contributed by atoms with Crippen LogP contribution in [0.15, 0.2) is 0 Å². The first-order chi connectivity index (χ1) is 36.7. The van der Waals surface area contributed by atoms with E-state index in [1.807, 2.05) is 0 Å². The highest BCUT2D eigenvalue weighted by Gasteiger charge is 2.59. The summed E-state index contributed by atoms with van der Waals surface area (Å²) in [6.07, 6.45) is -70.2. The molecule has 0 aromatic rings. The highest BCUT2D eigenvalue weighted by atomic mass is 16.8. The Morgan fingerprint density at radius 2 is 0.260 bits per heavy atom. The number of ether oxygens (including phenoxy) is 14. The topological polar surface area (TPSA) is 554 Å². The van der Waals surface area contributed by atoms with Crippen molar-refractivity contribution in [2.75, 3.05) is 46.2 Å². The molecule has 35 heteroatoms. The van der Waals surface area contributed by atoms with Gasteiger partial charge in [0.1, 0.15) is 171 Å². The second-order valence-electron chi connectivity index (χ2n) is 19.7. The van der Waals surface area contributed by atoms with E-state index in [4.69, 9.17) is 66.3 Å². The zero-order valence-corrected chi connectivity index (χ0v) is 40.3. The van der Waals surface area contributed by atoms with Gasteiger partial charge in [-0.3, -0.25) is 0 Å². The van der Waals surface area contributed by atoms with Crippen molar-refractivity contribution < 1.29 is 174 Å². The molecule has 77 heavy (non-hydrogen) atoms. The third-order valence-corrected chi connectivity index (χ3v) is 14.8. The first-order valence-corrected chi connectivity index (χ1v) is 24.6. The number of hydrogen-bond acceptors (Lipinski definition) is 35. The zero-order chi connectivity index (χ0) is 56.1. The molecule has 21 saturated heterocycles. The van der Waals surface area contributed by atoms with Gasteiger partial charge in [-0.15, -0.1) is 0 Å². The second-order valence-corrected chi connectivity index (χ2v) is 19.7. The van der Waals surface area contributed by atoms with Crippen LogP contribution in [0.5, 0.6) is 0 Å². The lowest BCUT2D eigenvalue weighted by Gasteiger charge is -2.50. The van der Waals surface area contributed by atoms with Crippen molar-refractivity contribution in [2.45, 2.75) is 215 Å². The number of aliphatic hydroxyl groups is 21. The van der Waals surface area contributed by atoms with Crippen molar-refractivity contribution in [1.29, 1.82) is 0 Å². The van der Waals surface area contributed by atoms with Crippen molar-refractivity contribution in [3.63, 3.8) is 0 Å². The van der Waals surface area contributed by atoms with E-state index in [2.05, 4.69) is 0 Å². The molecular weight excluding hydrogens is 1060 g/mol. The molecule has 21 N–H and O–H groups in total. The highest BCUT2D eigenvalue weighted by molar-refractivity contribution is 5.01. The molecule has 0 radical (unpaired) electrons. The highest BCUT2D eigenvalue weighted by Crippen LogP contribution is 2.39. The molecule has 0 spiro atoms. The van der Waals surface area contributed by atoms with Gasteiger partial charge in [-0.1, -0.05) is 0 Å². The van der Waals surface area contributed by atoms with Crippen LogP contribution in [0.4, 0.5) is 0 Å². The summed E-state index contributed by atoms with van der Waals surface area (Å²) >= 11 is 0. The molecule has 0 aliphatic carbocycles. The van der Waals surface area contributed by atoms with Crippen molar-refractivity contribution >= 4 is 0 Å². The van der Waals surface area contributed by atoms with Crippen LogP contribution >= 0.6 is 0 Å². The van der Waals surface area contributed by atoms with E-state index < -0.39 is 261 Å². The molecule has 0 aromatic carbocycles. The van der Waals surface area contributed by atoms with E-state index >= 15 is 0 Å². The molecule has 448 valence electrons. The van der Waals surface area contributed by atoms with Crippen LogP contribution in [0.3, 0.4) is 0 Å². The van der Waals surface area contributed by atoms with Gasteiger partial charge < -0.3 is 174 Å². The van der Waals surface area contributed by atoms with Crippen LogP contribution in [-0.2, 0) is 66.3 Å². The van der Waals surface area contributed by atoms with E-state index in [1.54, 1.807) is 0 Å². The predicted octanol–water partition coefficient (Wildman–Crippen LogP) is -15.2. The summed E-state index contributed by atoms with van der Waals surface area (Å²) in [5, 5.41) is 230. The van der Waals surface area contributed by atoms with Crippen molar-refractivity contribution in [3.8, 4) is 0 Å². The third-order valence-electron chi connectivity index (χ3n) is 14.8. The van der Waals surface area contributed by atoms with Gasteiger partial charge in [-0.25, -0.2) is 0 Å². The van der Waals surface area contributed by atoms with Gasteiger partial charge in [-0.2, -0.15) is 0 Å². The van der Waals surface area contributed by atoms with Gasteiger partial charge in [0.15, 0.2) is 44.0 Å². The molecule has 35 atom stereocenters. The fraction of sp³-hybridized carbons (Fsp3) is 1.00. The maximum atomic E-state index is 11.3. The molecule has 14 bridgehead atoms. The first-order valence-electron chi connectivity index (χ1n) is 24.6. The predicted molar refractivity (Wildman–Crippen MR) is 228 cm³/mol. The number of rotatable bonds is 7. The monoisotopic (exact) mass is 1130 g/mol. The normalized spacial score (nSPS) is 55.4. The van der Waals surface area contributed by atoms with Gasteiger partial charge >= 0.3 is 0 Å². The first kappa shape index (κ1) is 61.7. The van der Waals surface area contributed by atoms with Crippen molar-refractivity contribution in [2.24, 2.45) is 0 Å². The fourth-order valence-corrected chi connectivity index (χ4v) is 10.4. The summed E-state index contributed by atoms with van der Waals surface area (Å²) in [4.78, 5) is 0. The smallest absolute Gasteiger partial charge is 0.187 e. The summed E-state index contributed by atoms with van der Waals surface area (Å²) in [7, 11) is 0. The summed E-state index contributed by atoms with van der Waals surface area (Å²) < 4.78 is 79.5. The zero-order valence-electron chi connectivity index (χ0n) is 40.3. The maximum Gasteiger partial charge on any atom is 0.187 e. The molecule has 0 amide bonds. The van der Waals surface area contributed by atoms with E-state index in [0.29, 0.717) is 0 Å². The Morgan fingerprint density at radius 1 is 0.156 bits per heavy atom. The standard InChI is InChI=1S/C42H70O35/c43-1-8-29-15(50)22(57)36(64-8)72-30-9(2-44)66-38(24(59)17(30)52)74-32-11(4-46)68-40(26(61)19(32)54)76-34-13(6-48)70-42(28(63)21(34)56)77-35-14(7-49)69-41(27(62)20(35)55)75-33-12(5-47)67-39(25(60)18(33)53)73-31-10(3-45)65-37(71-29)23(58)16(31)51/h8-63H,1-7H2/t8-,9-,10-,11-,12-,13-,14-,15-,16-,17-,18-,19-,20-,21-,22-,23-,24-,25-,26-,27-,28-,29-,30-,31-,32-,33-,34-,35-,36-,37-,38+,39+,40+,41+,42+/m1/s1. The molecule has 21 heterocycles. The van der Waals surface area contributed by atoms with E-state index in [0.717, 1.165) is 0 Å². The van der Waals surface area contributed by atoms with Gasteiger partial charge in [0.05, 0.1) is 46.2 Å². The van der Waals surface area contributed by atoms with Crippen LogP contribution in [0.1, 0.15) is 0 Å². The molecular formula is C42H70O35. The molecule has 21 aliphatic heterocycles. The Kier molecular flexibility index (Phi) is 20.8. The van der Waals surface area contributed by atoms with E-state index in [-0.39, 0.29) is 0 Å². The lowest BCUT2D eigenvalue weighted by molar-refractivity contribution is -0.396. The Hall–Kier alpha value is -1.40. The van der Waals surface area contributed by atoms with Gasteiger partial charge in [-0.05, 0) is 0 Å². The Labute approximate surface area is 434 Å². The summed E-state index contributed by atoms with van der Waals surface area (Å²) in [6.45, 7) is -7.33. The van der Waals surface area contributed by atoms with Crippen LogP contribution in [0, 0.1) is 0 Å².